The highest BCUT2D eigenvalue weighted by atomic mass is 19.1. The topological polar surface area (TPSA) is 114 Å². The van der Waals surface area contributed by atoms with Crippen LogP contribution in [-0.4, -0.2) is 82.1 Å². The number of urea groups is 1. The first-order valence-electron chi connectivity index (χ1n) is 13.8. The molecule has 2 N–H and O–H groups in total. The summed E-state index contributed by atoms with van der Waals surface area (Å²) in [5.74, 6) is -0.255. The Morgan fingerprint density at radius 3 is 2.69 bits per heavy atom. The first-order valence-corrected chi connectivity index (χ1v) is 13.8. The van der Waals surface area contributed by atoms with Crippen molar-refractivity contribution in [2.75, 3.05) is 39.2 Å². The summed E-state index contributed by atoms with van der Waals surface area (Å²) in [5.41, 5.74) is 3.09. The zero-order valence-corrected chi connectivity index (χ0v) is 24.4. The molecule has 2 aliphatic heterocycles. The van der Waals surface area contributed by atoms with Gasteiger partial charge in [-0.05, 0) is 62.6 Å². The molecule has 0 unspecified atom stereocenters. The van der Waals surface area contributed by atoms with E-state index in [1.165, 1.54) is 12.3 Å². The first-order chi connectivity index (χ1) is 20.1. The minimum atomic E-state index is -0.630. The molecule has 1 saturated heterocycles. The fraction of sp³-hybridized carbons (Fsp3) is 0.400. The zero-order valence-electron chi connectivity index (χ0n) is 24.4. The van der Waals surface area contributed by atoms with Crippen molar-refractivity contribution < 1.29 is 23.6 Å². The van der Waals surface area contributed by atoms with Gasteiger partial charge in [-0.1, -0.05) is 18.2 Å². The smallest absolute Gasteiger partial charge is 0.320 e. The van der Waals surface area contributed by atoms with Crippen LogP contribution in [-0.2, 0) is 14.4 Å². The Bertz CT molecular complexity index is 1490. The van der Waals surface area contributed by atoms with Crippen LogP contribution in [0.25, 0.3) is 11.3 Å². The number of halogens is 1. The van der Waals surface area contributed by atoms with Crippen LogP contribution in [0.5, 0.6) is 0 Å². The third kappa shape index (κ3) is 6.06. The Labute approximate surface area is 244 Å². The number of methoxy groups -OCH3 is 1. The zero-order chi connectivity index (χ0) is 30.0. The quantitative estimate of drug-likeness (QED) is 0.391. The van der Waals surface area contributed by atoms with Gasteiger partial charge in [-0.15, -0.1) is 0 Å². The third-order valence-corrected chi connectivity index (χ3v) is 7.79. The second-order valence-corrected chi connectivity index (χ2v) is 11.1. The average molecular weight is 578 g/mol. The number of nitrogens with one attached hydrogen (secondary N) is 2. The van der Waals surface area contributed by atoms with E-state index in [1.54, 1.807) is 40.9 Å². The molecule has 2 aromatic heterocycles. The van der Waals surface area contributed by atoms with E-state index >= 15 is 0 Å². The molecular weight excluding hydrogens is 541 g/mol. The summed E-state index contributed by atoms with van der Waals surface area (Å²) in [6.07, 6.45) is 2.96. The van der Waals surface area contributed by atoms with E-state index in [0.29, 0.717) is 43.2 Å². The molecule has 5 rings (SSSR count). The second kappa shape index (κ2) is 12.0. The number of aromatic nitrogens is 3. The summed E-state index contributed by atoms with van der Waals surface area (Å²) in [6, 6.07) is 11.5. The SMILES string of the molecule is COCCN1C[C@@H](NC(=O)Nc2c(C)c(C3=CC(=O)N(C)C(C)(C)C3)nn2-c2ccccc2)[C@H](c2ccnc(F)c2)O1. The van der Waals surface area contributed by atoms with Crippen molar-refractivity contribution in [1.82, 2.24) is 30.0 Å². The Morgan fingerprint density at radius 2 is 2.00 bits per heavy atom. The number of amides is 3. The first kappa shape index (κ1) is 29.4. The lowest BCUT2D eigenvalue weighted by molar-refractivity contribution is -0.154. The number of rotatable bonds is 8. The molecule has 2 aliphatic rings. The van der Waals surface area contributed by atoms with Gasteiger partial charge < -0.3 is 15.0 Å². The van der Waals surface area contributed by atoms with Gasteiger partial charge in [0.25, 0.3) is 0 Å². The highest BCUT2D eigenvalue weighted by Gasteiger charge is 2.38. The third-order valence-electron chi connectivity index (χ3n) is 7.79. The molecule has 2 atom stereocenters. The number of para-hydroxylation sites is 1. The average Bonchev–Trinajstić information content (AvgIpc) is 3.51. The Morgan fingerprint density at radius 1 is 1.24 bits per heavy atom. The van der Waals surface area contributed by atoms with E-state index in [4.69, 9.17) is 14.7 Å². The molecule has 4 heterocycles. The van der Waals surface area contributed by atoms with Gasteiger partial charge in [0, 0.05) is 50.6 Å². The lowest BCUT2D eigenvalue weighted by Gasteiger charge is -2.39. The standard InChI is InChI=1S/C30H36FN7O4/c1-19-26(21-16-25(39)36(4)30(2,3)17-21)35-38(22-9-7-6-8-10-22)28(19)34-29(40)33-23-18-37(13-14-41-5)42-27(23)20-11-12-32-24(31)15-20/h6-12,15-16,23,27H,13-14,17-18H2,1-5H3,(H2,33,34,40)/t23-,27+/m1/s1. The number of hydroxylamine groups is 2. The number of benzene rings is 1. The van der Waals surface area contributed by atoms with Crippen molar-refractivity contribution in [1.29, 1.82) is 0 Å². The van der Waals surface area contributed by atoms with Crippen LogP contribution in [0.4, 0.5) is 15.0 Å². The van der Waals surface area contributed by atoms with Gasteiger partial charge in [0.05, 0.1) is 24.0 Å². The van der Waals surface area contributed by atoms with Gasteiger partial charge in [-0.3, -0.25) is 14.9 Å². The van der Waals surface area contributed by atoms with Gasteiger partial charge >= 0.3 is 6.03 Å². The number of carbonyl (C=O) groups excluding carboxylic acids is 2. The van der Waals surface area contributed by atoms with Crippen LogP contribution in [0.15, 0.2) is 54.7 Å². The van der Waals surface area contributed by atoms with Crippen molar-refractivity contribution in [3.8, 4) is 5.69 Å². The monoisotopic (exact) mass is 577 g/mol. The second-order valence-electron chi connectivity index (χ2n) is 11.1. The number of nitrogens with zero attached hydrogens (tertiary/aromatic N) is 5. The molecule has 42 heavy (non-hydrogen) atoms. The van der Waals surface area contributed by atoms with E-state index in [1.807, 2.05) is 51.1 Å². The summed E-state index contributed by atoms with van der Waals surface area (Å²) in [7, 11) is 3.39. The molecular formula is C30H36FN7O4. The van der Waals surface area contributed by atoms with Crippen LogP contribution in [0.2, 0.25) is 0 Å². The van der Waals surface area contributed by atoms with E-state index < -0.39 is 29.7 Å². The maximum Gasteiger partial charge on any atom is 0.320 e. The number of ether oxygens (including phenoxy) is 1. The fourth-order valence-electron chi connectivity index (χ4n) is 5.29. The molecule has 1 aromatic carbocycles. The molecule has 0 saturated carbocycles. The molecule has 0 aliphatic carbocycles. The van der Waals surface area contributed by atoms with Crippen LogP contribution < -0.4 is 10.6 Å². The van der Waals surface area contributed by atoms with Crippen LogP contribution in [0, 0.1) is 12.9 Å². The number of anilines is 1. The van der Waals surface area contributed by atoms with Crippen LogP contribution >= 0.6 is 0 Å². The molecule has 11 nitrogen and oxygen atoms in total. The summed E-state index contributed by atoms with van der Waals surface area (Å²) < 4.78 is 20.8. The van der Waals surface area contributed by atoms with Crippen LogP contribution in [0.3, 0.4) is 0 Å². The molecule has 3 aromatic rings. The molecule has 0 bridgehead atoms. The van der Waals surface area contributed by atoms with Crippen molar-refractivity contribution in [2.45, 2.75) is 44.9 Å². The normalized spacial score (nSPS) is 20.5. The number of pyridine rings is 1. The highest BCUT2D eigenvalue weighted by molar-refractivity contribution is 5.98. The highest BCUT2D eigenvalue weighted by Crippen LogP contribution is 2.37. The predicted molar refractivity (Wildman–Crippen MR) is 155 cm³/mol. The summed E-state index contributed by atoms with van der Waals surface area (Å²) >= 11 is 0. The molecule has 222 valence electrons. The summed E-state index contributed by atoms with van der Waals surface area (Å²) in [4.78, 5) is 37.7. The lowest BCUT2D eigenvalue weighted by atomic mass is 9.87. The maximum atomic E-state index is 14.0. The molecule has 0 spiro atoms. The van der Waals surface area contributed by atoms with Gasteiger partial charge in [0.15, 0.2) is 0 Å². The number of carbonyl (C=O) groups is 2. The fourth-order valence-corrected chi connectivity index (χ4v) is 5.29. The minimum absolute atomic E-state index is 0.0972. The van der Waals surface area contributed by atoms with E-state index in [0.717, 1.165) is 16.8 Å². The van der Waals surface area contributed by atoms with Gasteiger partial charge in [-0.2, -0.15) is 14.6 Å². The predicted octanol–water partition coefficient (Wildman–Crippen LogP) is 3.86. The minimum Gasteiger partial charge on any atom is -0.383 e. The van der Waals surface area contributed by atoms with E-state index in [9.17, 15) is 14.0 Å². The Balaban J connectivity index is 1.44. The molecule has 12 heteroatoms. The Kier molecular flexibility index (Phi) is 8.39. The van der Waals surface area contributed by atoms with Gasteiger partial charge in [-0.25, -0.2) is 14.5 Å². The molecule has 1 fully saturated rings. The van der Waals surface area contributed by atoms with Crippen molar-refractivity contribution in [3.63, 3.8) is 0 Å². The van der Waals surface area contributed by atoms with Crippen molar-refractivity contribution in [3.05, 3.63) is 77.5 Å². The largest absolute Gasteiger partial charge is 0.383 e. The van der Waals surface area contributed by atoms with Crippen molar-refractivity contribution >= 4 is 23.3 Å². The summed E-state index contributed by atoms with van der Waals surface area (Å²) in [5, 5.41) is 12.6. The number of hydrogen-bond acceptors (Lipinski definition) is 7. The van der Waals surface area contributed by atoms with Crippen LogP contribution in [0.1, 0.15) is 43.2 Å². The lowest BCUT2D eigenvalue weighted by Crippen LogP contribution is -2.47. The number of likely N-dealkylation sites (N-methyl/N-ethyl adjacent to an activating group) is 1. The maximum absolute atomic E-state index is 14.0. The van der Waals surface area contributed by atoms with Gasteiger partial charge in [0.1, 0.15) is 11.9 Å². The summed E-state index contributed by atoms with van der Waals surface area (Å²) in [6.45, 7) is 7.17. The van der Waals surface area contributed by atoms with E-state index in [-0.39, 0.29) is 5.91 Å². The molecule has 0 radical (unpaired) electrons. The molecule has 3 amide bonds. The van der Waals surface area contributed by atoms with Crippen molar-refractivity contribution in [2.24, 2.45) is 0 Å². The Hall–Kier alpha value is -4.13. The number of hydrogen-bond donors (Lipinski definition) is 2. The van der Waals surface area contributed by atoms with Gasteiger partial charge in [0.2, 0.25) is 11.9 Å². The van der Waals surface area contributed by atoms with E-state index in [2.05, 4.69) is 15.6 Å².